The SMILES string of the molecule is CNC(=O)c1c(F)cnc2c([C@H](C)CNc3cc(-c4ccc(C(C)(C)O)nc4)ncn3)ccc(F)c12. The van der Waals surface area contributed by atoms with Crippen molar-refractivity contribution in [2.45, 2.75) is 32.3 Å². The number of benzene rings is 1. The summed E-state index contributed by atoms with van der Waals surface area (Å²) in [4.78, 5) is 29.2. The molecule has 186 valence electrons. The molecule has 8 nitrogen and oxygen atoms in total. The second-order valence-electron chi connectivity index (χ2n) is 8.98. The molecule has 3 N–H and O–H groups in total. The third kappa shape index (κ3) is 4.99. The van der Waals surface area contributed by atoms with E-state index in [1.165, 1.54) is 19.4 Å². The smallest absolute Gasteiger partial charge is 0.254 e. The van der Waals surface area contributed by atoms with Crippen molar-refractivity contribution in [2.75, 3.05) is 18.9 Å². The molecule has 3 heterocycles. The van der Waals surface area contributed by atoms with Gasteiger partial charge in [-0.1, -0.05) is 13.0 Å². The van der Waals surface area contributed by atoms with Gasteiger partial charge in [-0.25, -0.2) is 18.7 Å². The van der Waals surface area contributed by atoms with E-state index in [4.69, 9.17) is 0 Å². The number of carbonyl (C=O) groups excluding carboxylic acids is 1. The number of carbonyl (C=O) groups is 1. The average Bonchev–Trinajstić information content (AvgIpc) is 2.87. The fraction of sp³-hybridized carbons (Fsp3) is 0.269. The standard InChI is InChI=1S/C26H26F2N6O2/c1-14(16-6-7-17(27)22-23(25(35)29-4)18(28)12-32-24(16)22)10-31-21-9-19(33-13-34-21)15-5-8-20(30-11-15)26(2,3)36/h5-9,11-14,36H,10H2,1-4H3,(H,29,35)(H,31,33,34)/t14-/m1/s1. The van der Waals surface area contributed by atoms with Crippen LogP contribution in [0.4, 0.5) is 14.6 Å². The summed E-state index contributed by atoms with van der Waals surface area (Å²) in [5.74, 6) is -1.95. The molecule has 36 heavy (non-hydrogen) atoms. The summed E-state index contributed by atoms with van der Waals surface area (Å²) >= 11 is 0. The van der Waals surface area contributed by atoms with Gasteiger partial charge < -0.3 is 15.7 Å². The summed E-state index contributed by atoms with van der Waals surface area (Å²) in [5.41, 5.74) is 1.43. The van der Waals surface area contributed by atoms with Crippen molar-refractivity contribution in [3.05, 3.63) is 77.5 Å². The van der Waals surface area contributed by atoms with Crippen LogP contribution in [-0.4, -0.2) is 44.5 Å². The maximum absolute atomic E-state index is 14.7. The summed E-state index contributed by atoms with van der Waals surface area (Å²) in [7, 11) is 1.36. The molecule has 0 unspecified atom stereocenters. The van der Waals surface area contributed by atoms with Gasteiger partial charge in [0, 0.05) is 37.3 Å². The number of nitrogens with one attached hydrogen (secondary N) is 2. The van der Waals surface area contributed by atoms with Gasteiger partial charge >= 0.3 is 0 Å². The molecule has 0 spiro atoms. The van der Waals surface area contributed by atoms with E-state index in [1.807, 2.05) is 13.0 Å². The largest absolute Gasteiger partial charge is 0.384 e. The molecule has 1 amide bonds. The third-order valence-electron chi connectivity index (χ3n) is 5.88. The first-order valence-electron chi connectivity index (χ1n) is 11.3. The van der Waals surface area contributed by atoms with Crippen molar-refractivity contribution in [3.8, 4) is 11.3 Å². The zero-order valence-corrected chi connectivity index (χ0v) is 20.3. The van der Waals surface area contributed by atoms with Crippen molar-refractivity contribution in [1.29, 1.82) is 0 Å². The Bertz CT molecular complexity index is 1420. The molecule has 0 saturated heterocycles. The maximum Gasteiger partial charge on any atom is 0.254 e. The van der Waals surface area contributed by atoms with Gasteiger partial charge in [-0.3, -0.25) is 14.8 Å². The number of aromatic nitrogens is 4. The fourth-order valence-corrected chi connectivity index (χ4v) is 3.90. The van der Waals surface area contributed by atoms with Gasteiger partial charge in [-0.2, -0.15) is 0 Å². The van der Waals surface area contributed by atoms with Crippen LogP contribution in [0.25, 0.3) is 22.2 Å². The lowest BCUT2D eigenvalue weighted by Gasteiger charge is -2.17. The Hall–Kier alpha value is -4.05. The van der Waals surface area contributed by atoms with Gasteiger partial charge in [-0.15, -0.1) is 0 Å². The number of pyridine rings is 2. The number of aliphatic hydroxyl groups is 1. The Balaban J connectivity index is 1.57. The number of halogens is 2. The molecule has 0 saturated carbocycles. The molecule has 4 rings (SSSR count). The maximum atomic E-state index is 14.7. The summed E-state index contributed by atoms with van der Waals surface area (Å²) < 4.78 is 29.0. The molecule has 1 aromatic carbocycles. The van der Waals surface area contributed by atoms with E-state index in [0.717, 1.165) is 11.8 Å². The van der Waals surface area contributed by atoms with Crippen LogP contribution in [-0.2, 0) is 5.60 Å². The number of fused-ring (bicyclic) bond motifs is 1. The Kier molecular flexibility index (Phi) is 6.89. The second-order valence-corrected chi connectivity index (χ2v) is 8.98. The first-order chi connectivity index (χ1) is 17.1. The normalized spacial score (nSPS) is 12.4. The molecular formula is C26H26F2N6O2. The van der Waals surface area contributed by atoms with Crippen molar-refractivity contribution in [2.24, 2.45) is 0 Å². The van der Waals surface area contributed by atoms with Crippen LogP contribution in [0, 0.1) is 11.6 Å². The van der Waals surface area contributed by atoms with E-state index in [9.17, 15) is 18.7 Å². The van der Waals surface area contributed by atoms with Crippen LogP contribution >= 0.6 is 0 Å². The highest BCUT2D eigenvalue weighted by Crippen LogP contribution is 2.30. The lowest BCUT2D eigenvalue weighted by Crippen LogP contribution is -2.21. The molecule has 0 aliphatic heterocycles. The number of anilines is 1. The topological polar surface area (TPSA) is 113 Å². The molecular weight excluding hydrogens is 466 g/mol. The predicted molar refractivity (Wildman–Crippen MR) is 132 cm³/mol. The van der Waals surface area contributed by atoms with Crippen LogP contribution in [0.1, 0.15) is 48.3 Å². The summed E-state index contributed by atoms with van der Waals surface area (Å²) in [6, 6.07) is 8.15. The summed E-state index contributed by atoms with van der Waals surface area (Å²) in [6.45, 7) is 5.64. The number of hydrogen-bond acceptors (Lipinski definition) is 7. The Labute approximate surface area is 206 Å². The van der Waals surface area contributed by atoms with Crippen LogP contribution in [0.3, 0.4) is 0 Å². The molecule has 0 fully saturated rings. The van der Waals surface area contributed by atoms with Crippen molar-refractivity contribution in [3.63, 3.8) is 0 Å². The van der Waals surface area contributed by atoms with E-state index >= 15 is 0 Å². The molecule has 0 bridgehead atoms. The lowest BCUT2D eigenvalue weighted by atomic mass is 9.95. The second kappa shape index (κ2) is 9.90. The summed E-state index contributed by atoms with van der Waals surface area (Å²) in [6.07, 6.45) is 4.00. The lowest BCUT2D eigenvalue weighted by molar-refractivity contribution is 0.0738. The highest BCUT2D eigenvalue weighted by Gasteiger charge is 2.22. The number of rotatable bonds is 7. The van der Waals surface area contributed by atoms with Crippen LogP contribution in [0.15, 0.2) is 49.1 Å². The van der Waals surface area contributed by atoms with E-state index in [1.54, 1.807) is 38.2 Å². The molecule has 0 aliphatic rings. The molecule has 1 atom stereocenters. The van der Waals surface area contributed by atoms with Crippen LogP contribution in [0.5, 0.6) is 0 Å². The van der Waals surface area contributed by atoms with Crippen LogP contribution < -0.4 is 10.6 Å². The molecule has 0 aliphatic carbocycles. The number of amides is 1. The van der Waals surface area contributed by atoms with Gasteiger partial charge in [0.25, 0.3) is 5.91 Å². The molecule has 0 radical (unpaired) electrons. The fourth-order valence-electron chi connectivity index (χ4n) is 3.90. The van der Waals surface area contributed by atoms with Gasteiger partial charge in [0.15, 0.2) is 5.82 Å². The van der Waals surface area contributed by atoms with Gasteiger partial charge in [-0.05, 0) is 37.6 Å². The third-order valence-corrected chi connectivity index (χ3v) is 5.88. The Morgan fingerprint density at radius 1 is 1.06 bits per heavy atom. The van der Waals surface area contributed by atoms with Crippen molar-refractivity contribution in [1.82, 2.24) is 25.3 Å². The molecule has 4 aromatic rings. The summed E-state index contributed by atoms with van der Waals surface area (Å²) in [5, 5.41) is 15.5. The highest BCUT2D eigenvalue weighted by atomic mass is 19.1. The van der Waals surface area contributed by atoms with E-state index in [2.05, 4.69) is 30.6 Å². The number of nitrogens with zero attached hydrogens (tertiary/aromatic N) is 4. The highest BCUT2D eigenvalue weighted by molar-refractivity contribution is 6.07. The minimum Gasteiger partial charge on any atom is -0.384 e. The van der Waals surface area contributed by atoms with Crippen molar-refractivity contribution >= 4 is 22.6 Å². The monoisotopic (exact) mass is 492 g/mol. The van der Waals surface area contributed by atoms with Crippen LogP contribution in [0.2, 0.25) is 0 Å². The minimum atomic E-state index is -1.04. The van der Waals surface area contributed by atoms with E-state index in [-0.39, 0.29) is 22.4 Å². The van der Waals surface area contributed by atoms with E-state index < -0.39 is 23.1 Å². The minimum absolute atomic E-state index is 0.148. The first kappa shape index (κ1) is 25.1. The Morgan fingerprint density at radius 3 is 2.50 bits per heavy atom. The Morgan fingerprint density at radius 2 is 1.83 bits per heavy atom. The zero-order chi connectivity index (χ0) is 26.0. The quantitative estimate of drug-likeness (QED) is 0.355. The van der Waals surface area contributed by atoms with Gasteiger partial charge in [0.1, 0.15) is 23.6 Å². The number of hydrogen-bond donors (Lipinski definition) is 3. The van der Waals surface area contributed by atoms with Gasteiger partial charge in [0.05, 0.1) is 34.1 Å². The molecule has 10 heteroatoms. The first-order valence-corrected chi connectivity index (χ1v) is 11.3. The van der Waals surface area contributed by atoms with Gasteiger partial charge in [0.2, 0.25) is 0 Å². The molecule has 3 aromatic heterocycles. The van der Waals surface area contributed by atoms with Crippen molar-refractivity contribution < 1.29 is 18.7 Å². The average molecular weight is 493 g/mol. The van der Waals surface area contributed by atoms with E-state index in [0.29, 0.717) is 29.3 Å². The zero-order valence-electron chi connectivity index (χ0n) is 20.3. The predicted octanol–water partition coefficient (Wildman–Crippen LogP) is 4.17.